The first-order chi connectivity index (χ1) is 15.7. The van der Waals surface area contributed by atoms with Crippen molar-refractivity contribution in [1.29, 1.82) is 0 Å². The number of fused-ring (bicyclic) bond motifs is 9. The highest BCUT2D eigenvalue weighted by molar-refractivity contribution is 5.99. The van der Waals surface area contributed by atoms with E-state index in [1.807, 2.05) is 0 Å². The summed E-state index contributed by atoms with van der Waals surface area (Å²) in [4.78, 5) is 0. The van der Waals surface area contributed by atoms with E-state index in [1.54, 1.807) is 0 Å². The lowest BCUT2D eigenvalue weighted by atomic mass is 9.52. The topological polar surface area (TPSA) is 3.88 Å². The second kappa shape index (κ2) is 7.04. The van der Waals surface area contributed by atoms with Crippen LogP contribution in [0.15, 0.2) is 79.0 Å². The minimum absolute atomic E-state index is 0.0140. The minimum Gasteiger partial charge on any atom is -0.187 e. The quantitative estimate of drug-likeness (QED) is 0.232. The fraction of sp³-hybridized carbons (Fsp3) is 0.323. The Balaban J connectivity index is 1.75. The second-order valence-electron chi connectivity index (χ2n) is 9.70. The molecule has 0 saturated carbocycles. The van der Waals surface area contributed by atoms with Gasteiger partial charge >= 0.3 is 0 Å². The highest BCUT2D eigenvalue weighted by Crippen LogP contribution is 2.58. The van der Waals surface area contributed by atoms with Crippen LogP contribution >= 0.6 is 0 Å². The van der Waals surface area contributed by atoms with Crippen LogP contribution in [0, 0.1) is 0 Å². The van der Waals surface area contributed by atoms with Crippen molar-refractivity contribution in [3.8, 4) is 11.3 Å². The molecule has 1 aliphatic carbocycles. The van der Waals surface area contributed by atoms with Gasteiger partial charge in [-0.2, -0.15) is 4.57 Å². The Morgan fingerprint density at radius 3 is 2.28 bits per heavy atom. The number of aryl methyl sites for hydroxylation is 1. The largest absolute Gasteiger partial charge is 0.221 e. The van der Waals surface area contributed by atoms with Gasteiger partial charge in [-0.3, -0.25) is 0 Å². The van der Waals surface area contributed by atoms with Gasteiger partial charge in [-0.25, -0.2) is 0 Å². The van der Waals surface area contributed by atoms with Gasteiger partial charge in [-0.05, 0) is 70.8 Å². The number of allylic oxidation sites excluding steroid dienone is 2. The number of hydrogen-bond acceptors (Lipinski definition) is 0. The lowest BCUT2D eigenvalue weighted by molar-refractivity contribution is -0.758. The average Bonchev–Trinajstić information content (AvgIpc) is 2.82. The van der Waals surface area contributed by atoms with Gasteiger partial charge in [0.2, 0.25) is 5.69 Å². The molecule has 0 bridgehead atoms. The number of nitrogens with zero attached hydrogens (tertiary/aromatic N) is 1. The lowest BCUT2D eigenvalue weighted by Crippen LogP contribution is -2.72. The summed E-state index contributed by atoms with van der Waals surface area (Å²) in [5.41, 5.74) is 5.88. The molecule has 32 heavy (non-hydrogen) atoms. The molecule has 1 aliphatic heterocycles. The van der Waals surface area contributed by atoms with Gasteiger partial charge < -0.3 is 0 Å². The van der Waals surface area contributed by atoms with Crippen LogP contribution in [0.3, 0.4) is 0 Å². The summed E-state index contributed by atoms with van der Waals surface area (Å²) in [6.45, 7) is 7.00. The number of rotatable bonds is 5. The molecular formula is C31H32N+. The second-order valence-corrected chi connectivity index (χ2v) is 9.70. The van der Waals surface area contributed by atoms with E-state index < -0.39 is 0 Å². The molecule has 0 radical (unpaired) electrons. The van der Waals surface area contributed by atoms with Gasteiger partial charge in [0.25, 0.3) is 0 Å². The molecule has 2 atom stereocenters. The van der Waals surface area contributed by atoms with E-state index in [0.717, 1.165) is 19.3 Å². The van der Waals surface area contributed by atoms with Crippen molar-refractivity contribution in [2.45, 2.75) is 63.8 Å². The van der Waals surface area contributed by atoms with Gasteiger partial charge in [0.1, 0.15) is 0 Å². The smallest absolute Gasteiger partial charge is 0.187 e. The van der Waals surface area contributed by atoms with Crippen molar-refractivity contribution in [3.63, 3.8) is 0 Å². The molecule has 2 unspecified atom stereocenters. The van der Waals surface area contributed by atoms with Crippen LogP contribution in [0.2, 0.25) is 0 Å². The Morgan fingerprint density at radius 1 is 0.781 bits per heavy atom. The summed E-state index contributed by atoms with van der Waals surface area (Å²) >= 11 is 0. The average molecular weight is 419 g/mol. The monoisotopic (exact) mass is 418 g/mol. The van der Waals surface area contributed by atoms with Crippen LogP contribution in [0.5, 0.6) is 0 Å². The summed E-state index contributed by atoms with van der Waals surface area (Å²) in [5, 5.41) is 5.50. The molecule has 0 amide bonds. The third-order valence-corrected chi connectivity index (χ3v) is 8.45. The molecule has 1 nitrogen and oxygen atoms in total. The zero-order valence-corrected chi connectivity index (χ0v) is 19.5. The Hall–Kier alpha value is -2.93. The van der Waals surface area contributed by atoms with E-state index in [1.165, 1.54) is 56.8 Å². The van der Waals surface area contributed by atoms with Crippen LogP contribution in [0.25, 0.3) is 32.8 Å². The normalized spacial score (nSPS) is 23.0. The maximum atomic E-state index is 2.62. The van der Waals surface area contributed by atoms with E-state index >= 15 is 0 Å². The Bertz CT molecular complexity index is 1390. The molecule has 0 spiro atoms. The van der Waals surface area contributed by atoms with E-state index in [2.05, 4.69) is 104 Å². The van der Waals surface area contributed by atoms with Crippen molar-refractivity contribution in [2.24, 2.45) is 0 Å². The maximum Gasteiger partial charge on any atom is 0.221 e. The summed E-state index contributed by atoms with van der Waals surface area (Å²) in [7, 11) is 0. The van der Waals surface area contributed by atoms with Crippen molar-refractivity contribution in [3.05, 3.63) is 90.1 Å². The van der Waals surface area contributed by atoms with Crippen LogP contribution in [0.1, 0.15) is 57.6 Å². The zero-order valence-electron chi connectivity index (χ0n) is 19.5. The van der Waals surface area contributed by atoms with E-state index in [4.69, 9.17) is 0 Å². The highest BCUT2D eigenvalue weighted by atomic mass is 15.1. The summed E-state index contributed by atoms with van der Waals surface area (Å²) in [6, 6.07) is 23.1. The predicted molar refractivity (Wildman–Crippen MR) is 135 cm³/mol. The van der Waals surface area contributed by atoms with Gasteiger partial charge in [0.05, 0.1) is 16.4 Å². The summed E-state index contributed by atoms with van der Waals surface area (Å²) < 4.78 is 2.62. The Labute approximate surface area is 191 Å². The highest BCUT2D eigenvalue weighted by Gasteiger charge is 2.64. The van der Waals surface area contributed by atoms with Crippen LogP contribution in [-0.4, -0.2) is 0 Å². The Kier molecular flexibility index (Phi) is 4.34. The number of benzene rings is 3. The third-order valence-electron chi connectivity index (χ3n) is 8.45. The lowest BCUT2D eigenvalue weighted by Gasteiger charge is -2.52. The van der Waals surface area contributed by atoms with E-state index in [0.29, 0.717) is 0 Å². The van der Waals surface area contributed by atoms with Crippen molar-refractivity contribution in [1.82, 2.24) is 0 Å². The fourth-order valence-electron chi connectivity index (χ4n) is 6.68. The molecule has 1 aromatic heterocycles. The number of unbranched alkanes of at least 4 members (excludes halogenated alkanes) is 1. The van der Waals surface area contributed by atoms with Gasteiger partial charge in [-0.1, -0.05) is 69.7 Å². The predicted octanol–water partition coefficient (Wildman–Crippen LogP) is 7.63. The first-order valence-electron chi connectivity index (χ1n) is 12.4. The van der Waals surface area contributed by atoms with Crippen LogP contribution in [-0.2, 0) is 17.4 Å². The van der Waals surface area contributed by atoms with Crippen molar-refractivity contribution < 1.29 is 4.57 Å². The van der Waals surface area contributed by atoms with E-state index in [9.17, 15) is 0 Å². The summed E-state index contributed by atoms with van der Waals surface area (Å²) in [5.74, 6) is 0. The molecule has 4 aromatic rings. The van der Waals surface area contributed by atoms with Crippen molar-refractivity contribution in [2.75, 3.05) is 0 Å². The van der Waals surface area contributed by atoms with Gasteiger partial charge in [-0.15, -0.1) is 0 Å². The SMILES string of the molecule is CCCCc1cccc2c3[n+](ccc12)C1(CC)C=CC1(CC)c1cc2ccccc2cc1-3. The summed E-state index contributed by atoms with van der Waals surface area (Å²) in [6.07, 6.45) is 13.2. The van der Waals surface area contributed by atoms with Crippen molar-refractivity contribution >= 4 is 21.5 Å². The van der Waals surface area contributed by atoms with Gasteiger partial charge in [0, 0.05) is 12.5 Å². The molecule has 3 aromatic carbocycles. The molecule has 2 heterocycles. The van der Waals surface area contributed by atoms with E-state index in [-0.39, 0.29) is 11.0 Å². The maximum absolute atomic E-state index is 2.62. The Morgan fingerprint density at radius 2 is 1.59 bits per heavy atom. The first-order valence-corrected chi connectivity index (χ1v) is 12.4. The first kappa shape index (κ1) is 19.7. The molecule has 160 valence electrons. The molecule has 6 rings (SSSR count). The molecule has 0 fully saturated rings. The standard InChI is InChI=1S/C31H32N/c1-4-7-11-22-14-10-15-26-25(22)16-19-32-29(26)27-20-23-12-8-9-13-24(23)21-28(27)30(5-2)17-18-31(30,32)6-3/h8-10,12-21H,4-7,11H2,1-3H3/q+1. The van der Waals surface area contributed by atoms with Crippen LogP contribution in [0.4, 0.5) is 0 Å². The number of hydrogen-bond donors (Lipinski definition) is 0. The molecule has 0 saturated heterocycles. The molecule has 2 aliphatic rings. The molecule has 1 heteroatoms. The third kappa shape index (κ3) is 2.32. The van der Waals surface area contributed by atoms with Crippen LogP contribution < -0.4 is 4.57 Å². The zero-order chi connectivity index (χ0) is 21.9. The fourth-order valence-corrected chi connectivity index (χ4v) is 6.68. The molecule has 0 N–H and O–H groups in total. The van der Waals surface area contributed by atoms with Gasteiger partial charge in [0.15, 0.2) is 11.7 Å². The number of pyridine rings is 1. The molecular weight excluding hydrogens is 386 g/mol. The number of aromatic nitrogens is 1. The minimum atomic E-state index is 0.0140.